The number of phenolic OH excluding ortho intramolecular Hbond substituents is 1. The minimum absolute atomic E-state index is 0.0299. The average molecular weight is 234 g/mol. The molecule has 0 unspecified atom stereocenters. The molecule has 1 rings (SSSR count). The van der Waals surface area contributed by atoms with E-state index < -0.39 is 0 Å². The van der Waals surface area contributed by atoms with Crippen LogP contribution in [-0.4, -0.2) is 5.11 Å². The van der Waals surface area contributed by atoms with E-state index in [4.69, 9.17) is 0 Å². The summed E-state index contributed by atoms with van der Waals surface area (Å²) in [6.45, 7) is 15.3. The zero-order valence-corrected chi connectivity index (χ0v) is 12.3. The number of hydrogen-bond donors (Lipinski definition) is 1. The first-order chi connectivity index (χ1) is 7.59. The van der Waals surface area contributed by atoms with Crippen molar-refractivity contribution in [2.75, 3.05) is 0 Å². The Kier molecular flexibility index (Phi) is 3.61. The van der Waals surface area contributed by atoms with E-state index in [1.54, 1.807) is 0 Å². The van der Waals surface area contributed by atoms with Crippen LogP contribution in [-0.2, 0) is 17.3 Å². The van der Waals surface area contributed by atoms with Crippen molar-refractivity contribution in [2.45, 2.75) is 65.7 Å². The molecule has 1 aromatic rings. The van der Waals surface area contributed by atoms with Crippen molar-refractivity contribution in [1.29, 1.82) is 0 Å². The standard InChI is InChI=1S/C16H26O/c1-8-11-9-10-12(17)14(16(5,6)7)13(11)15(2,3)4/h9-10,17H,8H2,1-7H3. The van der Waals surface area contributed by atoms with Gasteiger partial charge in [-0.2, -0.15) is 0 Å². The monoisotopic (exact) mass is 234 g/mol. The fourth-order valence-corrected chi connectivity index (χ4v) is 2.55. The molecule has 0 aliphatic heterocycles. The Bertz CT molecular complexity index is 403. The van der Waals surface area contributed by atoms with Crippen LogP contribution in [0, 0.1) is 0 Å². The maximum Gasteiger partial charge on any atom is 0.119 e. The molecule has 0 spiro atoms. The molecule has 0 heterocycles. The largest absolute Gasteiger partial charge is 0.508 e. The highest BCUT2D eigenvalue weighted by Crippen LogP contribution is 2.41. The van der Waals surface area contributed by atoms with Crippen molar-refractivity contribution in [3.05, 3.63) is 28.8 Å². The molecule has 1 aromatic carbocycles. The van der Waals surface area contributed by atoms with Gasteiger partial charge in [0.2, 0.25) is 0 Å². The quantitative estimate of drug-likeness (QED) is 0.756. The Morgan fingerprint density at radius 3 is 1.71 bits per heavy atom. The summed E-state index contributed by atoms with van der Waals surface area (Å²) in [7, 11) is 0. The normalized spacial score (nSPS) is 12.9. The van der Waals surface area contributed by atoms with Gasteiger partial charge in [-0.25, -0.2) is 0 Å². The maximum absolute atomic E-state index is 10.2. The van der Waals surface area contributed by atoms with Crippen LogP contribution >= 0.6 is 0 Å². The van der Waals surface area contributed by atoms with Gasteiger partial charge < -0.3 is 5.11 Å². The molecule has 1 heteroatoms. The second-order valence-electron chi connectivity index (χ2n) is 6.85. The first-order valence-corrected chi connectivity index (χ1v) is 6.44. The van der Waals surface area contributed by atoms with Gasteiger partial charge in [0, 0.05) is 5.56 Å². The van der Waals surface area contributed by atoms with E-state index in [0.29, 0.717) is 5.75 Å². The highest BCUT2D eigenvalue weighted by atomic mass is 16.3. The highest BCUT2D eigenvalue weighted by Gasteiger charge is 2.29. The van der Waals surface area contributed by atoms with E-state index >= 15 is 0 Å². The summed E-state index contributed by atoms with van der Waals surface area (Å²) in [5.41, 5.74) is 3.79. The second-order valence-corrected chi connectivity index (χ2v) is 6.85. The van der Waals surface area contributed by atoms with Gasteiger partial charge in [0.25, 0.3) is 0 Å². The van der Waals surface area contributed by atoms with E-state index in [2.05, 4.69) is 54.5 Å². The van der Waals surface area contributed by atoms with Crippen LogP contribution in [0.5, 0.6) is 5.75 Å². The van der Waals surface area contributed by atoms with Crippen LogP contribution in [0.15, 0.2) is 12.1 Å². The molecule has 0 aromatic heterocycles. The van der Waals surface area contributed by atoms with E-state index in [9.17, 15) is 5.11 Å². The zero-order valence-electron chi connectivity index (χ0n) is 12.3. The number of phenols is 1. The molecule has 0 bridgehead atoms. The molecule has 0 aliphatic rings. The summed E-state index contributed by atoms with van der Waals surface area (Å²) in [6, 6.07) is 3.90. The lowest BCUT2D eigenvalue weighted by atomic mass is 9.72. The Morgan fingerprint density at radius 1 is 0.882 bits per heavy atom. The molecule has 0 radical (unpaired) electrons. The minimum Gasteiger partial charge on any atom is -0.508 e. The highest BCUT2D eigenvalue weighted by molar-refractivity contribution is 5.51. The lowest BCUT2D eigenvalue weighted by molar-refractivity contribution is 0.434. The summed E-state index contributed by atoms with van der Waals surface area (Å²) in [5.74, 6) is 0.430. The van der Waals surface area contributed by atoms with Gasteiger partial charge >= 0.3 is 0 Å². The molecule has 0 amide bonds. The number of aromatic hydroxyl groups is 1. The molecule has 1 N–H and O–H groups in total. The van der Waals surface area contributed by atoms with Gasteiger partial charge in [0.1, 0.15) is 5.75 Å². The molecular weight excluding hydrogens is 208 g/mol. The van der Waals surface area contributed by atoms with Crippen LogP contribution in [0.1, 0.15) is 65.2 Å². The first kappa shape index (κ1) is 14.1. The van der Waals surface area contributed by atoms with Crippen LogP contribution in [0.25, 0.3) is 0 Å². The van der Waals surface area contributed by atoms with Crippen molar-refractivity contribution in [3.8, 4) is 5.75 Å². The fraction of sp³-hybridized carbons (Fsp3) is 0.625. The van der Waals surface area contributed by atoms with Crippen LogP contribution in [0.2, 0.25) is 0 Å². The van der Waals surface area contributed by atoms with Crippen molar-refractivity contribution < 1.29 is 5.11 Å². The Morgan fingerprint density at radius 2 is 1.35 bits per heavy atom. The molecule has 0 aliphatic carbocycles. The lowest BCUT2D eigenvalue weighted by Crippen LogP contribution is -2.24. The number of aryl methyl sites for hydroxylation is 1. The van der Waals surface area contributed by atoms with Crippen molar-refractivity contribution >= 4 is 0 Å². The minimum atomic E-state index is -0.0299. The van der Waals surface area contributed by atoms with Crippen LogP contribution < -0.4 is 0 Å². The third kappa shape index (κ3) is 2.83. The van der Waals surface area contributed by atoms with E-state index in [0.717, 1.165) is 12.0 Å². The SMILES string of the molecule is CCc1ccc(O)c(C(C)(C)C)c1C(C)(C)C. The van der Waals surface area contributed by atoms with Gasteiger partial charge in [0.15, 0.2) is 0 Å². The molecule has 1 nitrogen and oxygen atoms in total. The van der Waals surface area contributed by atoms with E-state index in [1.165, 1.54) is 11.1 Å². The molecule has 0 fully saturated rings. The first-order valence-electron chi connectivity index (χ1n) is 6.44. The fourth-order valence-electron chi connectivity index (χ4n) is 2.55. The topological polar surface area (TPSA) is 20.2 Å². The maximum atomic E-state index is 10.2. The van der Waals surface area contributed by atoms with Gasteiger partial charge in [-0.1, -0.05) is 54.5 Å². The van der Waals surface area contributed by atoms with Crippen LogP contribution in [0.4, 0.5) is 0 Å². The molecule has 0 atom stereocenters. The van der Waals surface area contributed by atoms with E-state index in [-0.39, 0.29) is 10.8 Å². The lowest BCUT2D eigenvalue weighted by Gasteiger charge is -2.33. The van der Waals surface area contributed by atoms with Gasteiger partial charge in [-0.15, -0.1) is 0 Å². The summed E-state index contributed by atoms with van der Waals surface area (Å²) >= 11 is 0. The smallest absolute Gasteiger partial charge is 0.119 e. The van der Waals surface area contributed by atoms with Gasteiger partial charge in [0.05, 0.1) is 0 Å². The molecule has 0 saturated heterocycles. The number of rotatable bonds is 1. The molecular formula is C16H26O. The average Bonchev–Trinajstić information content (AvgIpc) is 2.13. The third-order valence-corrected chi connectivity index (χ3v) is 3.15. The summed E-state index contributed by atoms with van der Waals surface area (Å²) < 4.78 is 0. The van der Waals surface area contributed by atoms with Gasteiger partial charge in [-0.05, 0) is 34.4 Å². The van der Waals surface area contributed by atoms with Crippen molar-refractivity contribution in [1.82, 2.24) is 0 Å². The zero-order chi connectivity index (χ0) is 13.4. The van der Waals surface area contributed by atoms with Gasteiger partial charge in [-0.3, -0.25) is 0 Å². The Labute approximate surface area is 106 Å². The molecule has 17 heavy (non-hydrogen) atoms. The second kappa shape index (κ2) is 4.36. The number of hydrogen-bond acceptors (Lipinski definition) is 1. The van der Waals surface area contributed by atoms with Crippen LogP contribution in [0.3, 0.4) is 0 Å². The van der Waals surface area contributed by atoms with Crippen molar-refractivity contribution in [2.24, 2.45) is 0 Å². The molecule has 96 valence electrons. The Balaban J connectivity index is 3.67. The summed E-state index contributed by atoms with van der Waals surface area (Å²) in [4.78, 5) is 0. The third-order valence-electron chi connectivity index (χ3n) is 3.15. The summed E-state index contributed by atoms with van der Waals surface area (Å²) in [6.07, 6.45) is 1.01. The molecule has 0 saturated carbocycles. The predicted octanol–water partition coefficient (Wildman–Crippen LogP) is 4.55. The van der Waals surface area contributed by atoms with Crippen molar-refractivity contribution in [3.63, 3.8) is 0 Å². The predicted molar refractivity (Wildman–Crippen MR) is 74.9 cm³/mol. The Hall–Kier alpha value is -0.980. The summed E-state index contributed by atoms with van der Waals surface area (Å²) in [5, 5.41) is 10.2. The van der Waals surface area contributed by atoms with E-state index in [1.807, 2.05) is 6.07 Å². The number of benzene rings is 1.